The molecule has 5 nitrogen and oxygen atoms in total. The molecule has 0 saturated heterocycles. The lowest BCUT2D eigenvalue weighted by atomic mass is 9.82. The molecular weight excluding hydrogens is 244 g/mol. The van der Waals surface area contributed by atoms with Crippen molar-refractivity contribution in [3.8, 4) is 0 Å². The van der Waals surface area contributed by atoms with Crippen LogP contribution in [-0.4, -0.2) is 22.0 Å². The molecule has 1 fully saturated rings. The molecule has 19 heavy (non-hydrogen) atoms. The fourth-order valence-electron chi connectivity index (χ4n) is 3.16. The van der Waals surface area contributed by atoms with Crippen LogP contribution in [-0.2, 0) is 9.59 Å². The molecule has 1 aromatic heterocycles. The number of rotatable bonds is 3. The van der Waals surface area contributed by atoms with Crippen molar-refractivity contribution in [3.63, 3.8) is 0 Å². The number of nitrogens with zero attached hydrogens (tertiary/aromatic N) is 1. The third-order valence-corrected chi connectivity index (χ3v) is 3.96. The van der Waals surface area contributed by atoms with E-state index in [9.17, 15) is 14.7 Å². The van der Waals surface area contributed by atoms with Gasteiger partial charge in [-0.3, -0.25) is 9.59 Å². The summed E-state index contributed by atoms with van der Waals surface area (Å²) in [6.07, 6.45) is 6.24. The normalized spacial score (nSPS) is 31.4. The zero-order chi connectivity index (χ0) is 13.4. The molecule has 1 amide bonds. The zero-order valence-corrected chi connectivity index (χ0v) is 10.2. The van der Waals surface area contributed by atoms with Crippen molar-refractivity contribution in [1.29, 1.82) is 0 Å². The highest BCUT2D eigenvalue weighted by Crippen LogP contribution is 2.48. The zero-order valence-electron chi connectivity index (χ0n) is 10.2. The Labute approximate surface area is 110 Å². The summed E-state index contributed by atoms with van der Waals surface area (Å²) in [7, 11) is 0. The highest BCUT2D eigenvalue weighted by Gasteiger charge is 2.51. The quantitative estimate of drug-likeness (QED) is 0.806. The van der Waals surface area contributed by atoms with Crippen LogP contribution in [0, 0.1) is 23.7 Å². The van der Waals surface area contributed by atoms with Gasteiger partial charge in [-0.2, -0.15) is 0 Å². The van der Waals surface area contributed by atoms with Gasteiger partial charge >= 0.3 is 5.97 Å². The van der Waals surface area contributed by atoms with Crippen molar-refractivity contribution >= 4 is 17.7 Å². The Morgan fingerprint density at radius 3 is 2.58 bits per heavy atom. The van der Waals surface area contributed by atoms with Crippen LogP contribution in [0.2, 0.25) is 0 Å². The molecule has 0 aliphatic heterocycles. The van der Waals surface area contributed by atoms with Gasteiger partial charge in [0.05, 0.1) is 11.8 Å². The highest BCUT2D eigenvalue weighted by atomic mass is 16.4. The molecule has 0 unspecified atom stereocenters. The van der Waals surface area contributed by atoms with Gasteiger partial charge in [0.2, 0.25) is 5.91 Å². The number of aliphatic carboxylic acids is 1. The first kappa shape index (κ1) is 11.9. The first-order chi connectivity index (χ1) is 9.16. The molecule has 1 saturated carbocycles. The van der Waals surface area contributed by atoms with Gasteiger partial charge in [-0.05, 0) is 30.4 Å². The molecule has 4 atom stereocenters. The Bertz CT molecular complexity index is 541. The molecule has 0 aromatic carbocycles. The molecular formula is C14H14N2O3. The minimum atomic E-state index is -0.891. The summed E-state index contributed by atoms with van der Waals surface area (Å²) >= 11 is 0. The summed E-state index contributed by atoms with van der Waals surface area (Å²) in [6, 6.07) is 5.23. The molecule has 0 spiro atoms. The van der Waals surface area contributed by atoms with E-state index in [0.29, 0.717) is 5.82 Å². The maximum Gasteiger partial charge on any atom is 0.307 e. The SMILES string of the molecule is O=C(O)[C@@H]1[C@H](C(=O)Nc2ccccn2)[C@H]2C=C[C@@H]1C2. The minimum Gasteiger partial charge on any atom is -0.481 e. The number of carboxylic acids is 1. The van der Waals surface area contributed by atoms with E-state index in [-0.39, 0.29) is 17.7 Å². The summed E-state index contributed by atoms with van der Waals surface area (Å²) in [5.74, 6) is -1.76. The Morgan fingerprint density at radius 1 is 1.21 bits per heavy atom. The van der Waals surface area contributed by atoms with Gasteiger partial charge in [-0.15, -0.1) is 0 Å². The third kappa shape index (κ3) is 2.01. The van der Waals surface area contributed by atoms with Gasteiger partial charge in [-0.1, -0.05) is 18.2 Å². The summed E-state index contributed by atoms with van der Waals surface area (Å²) in [6.45, 7) is 0. The van der Waals surface area contributed by atoms with Crippen molar-refractivity contribution in [3.05, 3.63) is 36.5 Å². The van der Waals surface area contributed by atoms with Crippen LogP contribution in [0.1, 0.15) is 6.42 Å². The van der Waals surface area contributed by atoms with Crippen LogP contribution in [0.4, 0.5) is 5.82 Å². The van der Waals surface area contributed by atoms with Gasteiger partial charge in [0, 0.05) is 6.20 Å². The maximum absolute atomic E-state index is 12.3. The minimum absolute atomic E-state index is 0.0121. The number of aromatic nitrogens is 1. The fraction of sp³-hybridized carbons (Fsp3) is 0.357. The standard InChI is InChI=1S/C14H14N2O3/c17-13(16-10-3-1-2-6-15-10)11-8-4-5-9(7-8)12(11)14(18)19/h1-6,8-9,11-12H,7H2,(H,18,19)(H,15,16,17)/t8-,9+,11+,12-/m0/s1. The first-order valence-corrected chi connectivity index (χ1v) is 6.30. The topological polar surface area (TPSA) is 79.3 Å². The number of fused-ring (bicyclic) bond motifs is 2. The van der Waals surface area contributed by atoms with Crippen molar-refractivity contribution in [2.24, 2.45) is 23.7 Å². The first-order valence-electron chi connectivity index (χ1n) is 6.30. The van der Waals surface area contributed by atoms with Crippen LogP contribution in [0.15, 0.2) is 36.5 Å². The summed E-state index contributed by atoms with van der Waals surface area (Å²) in [5.41, 5.74) is 0. The van der Waals surface area contributed by atoms with E-state index in [0.717, 1.165) is 6.42 Å². The van der Waals surface area contributed by atoms with E-state index < -0.39 is 17.8 Å². The molecule has 5 heteroatoms. The smallest absolute Gasteiger partial charge is 0.307 e. The summed E-state index contributed by atoms with van der Waals surface area (Å²) < 4.78 is 0. The summed E-state index contributed by atoms with van der Waals surface area (Å²) in [4.78, 5) is 27.6. The second-order valence-electron chi connectivity index (χ2n) is 5.04. The van der Waals surface area contributed by atoms with E-state index in [1.807, 2.05) is 12.2 Å². The van der Waals surface area contributed by atoms with Gasteiger partial charge in [0.15, 0.2) is 0 Å². The summed E-state index contributed by atoms with van der Waals surface area (Å²) in [5, 5.41) is 12.0. The third-order valence-electron chi connectivity index (χ3n) is 3.96. The molecule has 98 valence electrons. The van der Waals surface area contributed by atoms with Gasteiger partial charge < -0.3 is 10.4 Å². The van der Waals surface area contributed by atoms with Crippen molar-refractivity contribution in [1.82, 2.24) is 4.98 Å². The lowest BCUT2D eigenvalue weighted by molar-refractivity contribution is -0.146. The van der Waals surface area contributed by atoms with Crippen LogP contribution >= 0.6 is 0 Å². The van der Waals surface area contributed by atoms with E-state index in [1.54, 1.807) is 24.4 Å². The molecule has 3 rings (SSSR count). The molecule has 1 aromatic rings. The van der Waals surface area contributed by atoms with Crippen molar-refractivity contribution < 1.29 is 14.7 Å². The molecule has 2 aliphatic rings. The Balaban J connectivity index is 1.79. The van der Waals surface area contributed by atoms with E-state index in [4.69, 9.17) is 0 Å². The Kier molecular flexibility index (Phi) is 2.81. The number of pyridine rings is 1. The van der Waals surface area contributed by atoms with E-state index in [1.165, 1.54) is 0 Å². The predicted molar refractivity (Wildman–Crippen MR) is 68.2 cm³/mol. The van der Waals surface area contributed by atoms with Crippen LogP contribution < -0.4 is 5.32 Å². The molecule has 1 heterocycles. The number of allylic oxidation sites excluding steroid dienone is 2. The van der Waals surface area contributed by atoms with Crippen molar-refractivity contribution in [2.75, 3.05) is 5.32 Å². The molecule has 0 radical (unpaired) electrons. The maximum atomic E-state index is 12.3. The van der Waals surface area contributed by atoms with Crippen molar-refractivity contribution in [2.45, 2.75) is 6.42 Å². The van der Waals surface area contributed by atoms with E-state index in [2.05, 4.69) is 10.3 Å². The number of hydrogen-bond donors (Lipinski definition) is 2. The fourth-order valence-corrected chi connectivity index (χ4v) is 3.16. The van der Waals surface area contributed by atoms with Gasteiger partial charge in [0.25, 0.3) is 0 Å². The number of carbonyl (C=O) groups is 2. The lowest BCUT2D eigenvalue weighted by Gasteiger charge is -2.23. The number of hydrogen-bond acceptors (Lipinski definition) is 3. The number of nitrogens with one attached hydrogen (secondary N) is 1. The number of amides is 1. The average molecular weight is 258 g/mol. The number of carbonyl (C=O) groups excluding carboxylic acids is 1. The van der Waals surface area contributed by atoms with E-state index >= 15 is 0 Å². The van der Waals surface area contributed by atoms with Gasteiger partial charge in [-0.25, -0.2) is 4.98 Å². The van der Waals surface area contributed by atoms with Crippen LogP contribution in [0.3, 0.4) is 0 Å². The van der Waals surface area contributed by atoms with Crippen LogP contribution in [0.5, 0.6) is 0 Å². The Morgan fingerprint density at radius 2 is 1.95 bits per heavy atom. The number of carboxylic acid groups (broad SMARTS) is 1. The molecule has 2 bridgehead atoms. The highest BCUT2D eigenvalue weighted by molar-refractivity contribution is 5.95. The largest absolute Gasteiger partial charge is 0.481 e. The lowest BCUT2D eigenvalue weighted by Crippen LogP contribution is -2.36. The Hall–Kier alpha value is -2.17. The second-order valence-corrected chi connectivity index (χ2v) is 5.04. The van der Waals surface area contributed by atoms with Crippen LogP contribution in [0.25, 0.3) is 0 Å². The number of anilines is 1. The average Bonchev–Trinajstić information content (AvgIpc) is 2.99. The second kappa shape index (κ2) is 4.50. The molecule has 2 aliphatic carbocycles. The molecule has 2 N–H and O–H groups in total. The monoisotopic (exact) mass is 258 g/mol. The predicted octanol–water partition coefficient (Wildman–Crippen LogP) is 1.54. The van der Waals surface area contributed by atoms with Gasteiger partial charge in [0.1, 0.15) is 5.82 Å².